The fourth-order valence-corrected chi connectivity index (χ4v) is 6.27. The molecule has 0 unspecified atom stereocenters. The number of ether oxygens (including phenoxy) is 2. The van der Waals surface area contributed by atoms with Gasteiger partial charge in [0.25, 0.3) is 0 Å². The lowest BCUT2D eigenvalue weighted by Gasteiger charge is -2.15. The highest BCUT2D eigenvalue weighted by atomic mass is 33.1. The van der Waals surface area contributed by atoms with Crippen LogP contribution in [0.25, 0.3) is 0 Å². The number of carboxylic acid groups (broad SMARTS) is 2. The van der Waals surface area contributed by atoms with Crippen LogP contribution in [0.15, 0.2) is 0 Å². The molecule has 2 amide bonds. The van der Waals surface area contributed by atoms with Crippen LogP contribution in [0.2, 0.25) is 0 Å². The summed E-state index contributed by atoms with van der Waals surface area (Å²) in [5, 5.41) is 22.0. The minimum absolute atomic E-state index is 0.145. The third-order valence-electron chi connectivity index (χ3n) is 3.49. The van der Waals surface area contributed by atoms with Crippen molar-refractivity contribution in [3.63, 3.8) is 0 Å². The van der Waals surface area contributed by atoms with Crippen LogP contribution in [-0.4, -0.2) is 107 Å². The molecule has 18 heteroatoms. The molecule has 0 saturated carbocycles. The minimum atomic E-state index is -1.13. The van der Waals surface area contributed by atoms with Gasteiger partial charge in [0, 0.05) is 36.9 Å². The number of methoxy groups -OCH3 is 2. The summed E-state index contributed by atoms with van der Waals surface area (Å²) in [7, 11) is 7.47. The molecule has 0 fully saturated rings. The number of nitrogens with two attached hydrogens (primary N) is 2. The quantitative estimate of drug-likeness (QED) is 0.0709. The number of hydrogen-bond acceptors (Lipinski definition) is 14. The lowest BCUT2D eigenvalue weighted by atomic mass is 10.3. The second-order valence-electron chi connectivity index (χ2n) is 6.58. The molecule has 0 spiro atoms. The van der Waals surface area contributed by atoms with Gasteiger partial charge in [0.15, 0.2) is 0 Å². The van der Waals surface area contributed by atoms with E-state index in [2.05, 4.69) is 20.1 Å². The number of nitrogens with one attached hydrogen (secondary N) is 2. The van der Waals surface area contributed by atoms with Crippen LogP contribution in [0.1, 0.15) is 13.8 Å². The van der Waals surface area contributed by atoms with Gasteiger partial charge >= 0.3 is 23.9 Å². The molecule has 208 valence electrons. The number of esters is 2. The predicted molar refractivity (Wildman–Crippen MR) is 140 cm³/mol. The Labute approximate surface area is 224 Å². The van der Waals surface area contributed by atoms with E-state index in [1.165, 1.54) is 49.7 Å². The number of rotatable bonds is 16. The standard InChI is InChI=1S/C10H18N2O5S2.C8H14N2O5S2/c1-6(13)12-8(10(15)17-3)5-19-18-4-7(11)9(14)16-2;1-4(11)10-6(8(14)15)3-17-16-2-5(9)7(12)13/h7-8H,4-5,11H2,1-3H3,(H,12,13);5-6H,2-3,9H2,1H3,(H,10,11)(H,12,13)(H,14,15)/t7-,8-;5-,6-/m00/s1. The van der Waals surface area contributed by atoms with Gasteiger partial charge in [-0.3, -0.25) is 19.2 Å². The second kappa shape index (κ2) is 21.2. The largest absolute Gasteiger partial charge is 0.480 e. The zero-order valence-corrected chi connectivity index (χ0v) is 23.4. The molecule has 0 rings (SSSR count). The van der Waals surface area contributed by atoms with Crippen molar-refractivity contribution in [3.05, 3.63) is 0 Å². The van der Waals surface area contributed by atoms with Gasteiger partial charge in [0.1, 0.15) is 24.2 Å². The van der Waals surface area contributed by atoms with Gasteiger partial charge in [-0.15, -0.1) is 0 Å². The summed E-state index contributed by atoms with van der Waals surface area (Å²) in [5.41, 5.74) is 10.8. The van der Waals surface area contributed by atoms with Gasteiger partial charge in [-0.25, -0.2) is 9.59 Å². The highest BCUT2D eigenvalue weighted by molar-refractivity contribution is 8.77. The molecule has 4 atom stereocenters. The molecular weight excluding hydrogens is 560 g/mol. The van der Waals surface area contributed by atoms with Crippen molar-refractivity contribution in [1.29, 1.82) is 0 Å². The Morgan fingerprint density at radius 3 is 1.44 bits per heavy atom. The fraction of sp³-hybridized carbons (Fsp3) is 0.667. The van der Waals surface area contributed by atoms with Crippen LogP contribution >= 0.6 is 43.2 Å². The maximum Gasteiger partial charge on any atom is 0.329 e. The Kier molecular flexibility index (Phi) is 21.4. The van der Waals surface area contributed by atoms with Gasteiger partial charge in [0.05, 0.1) is 14.2 Å². The Morgan fingerprint density at radius 1 is 0.667 bits per heavy atom. The van der Waals surface area contributed by atoms with E-state index in [-0.39, 0.29) is 17.4 Å². The van der Waals surface area contributed by atoms with Crippen LogP contribution in [0.3, 0.4) is 0 Å². The van der Waals surface area contributed by atoms with Crippen molar-refractivity contribution >= 4 is 78.9 Å². The van der Waals surface area contributed by atoms with Crippen LogP contribution < -0.4 is 22.1 Å². The van der Waals surface area contributed by atoms with Crippen molar-refractivity contribution in [2.24, 2.45) is 11.5 Å². The van der Waals surface area contributed by atoms with Crippen molar-refractivity contribution < 1.29 is 48.5 Å². The van der Waals surface area contributed by atoms with Crippen LogP contribution in [0.4, 0.5) is 0 Å². The summed E-state index contributed by atoms with van der Waals surface area (Å²) in [4.78, 5) is 65.1. The summed E-state index contributed by atoms with van der Waals surface area (Å²) >= 11 is 0. The Hall–Kier alpha value is -1.86. The van der Waals surface area contributed by atoms with Gasteiger partial charge in [0.2, 0.25) is 11.8 Å². The zero-order valence-electron chi connectivity index (χ0n) is 20.1. The van der Waals surface area contributed by atoms with Gasteiger partial charge in [-0.05, 0) is 0 Å². The highest BCUT2D eigenvalue weighted by Crippen LogP contribution is 2.23. The van der Waals surface area contributed by atoms with Gasteiger partial charge < -0.3 is 41.8 Å². The minimum Gasteiger partial charge on any atom is -0.480 e. The molecule has 0 aliphatic carbocycles. The first-order valence-corrected chi connectivity index (χ1v) is 14.9. The SMILES string of the molecule is CC(=O)N[C@@H](CSSC[C@H](N)C(=O)O)C(=O)O.COC(=O)[C@H](CSSC[C@H](N)C(=O)OC)NC(C)=O. The fourth-order valence-electron chi connectivity index (χ4n) is 1.74. The molecule has 0 aliphatic heterocycles. The molecule has 8 N–H and O–H groups in total. The lowest BCUT2D eigenvalue weighted by Crippen LogP contribution is -2.42. The van der Waals surface area contributed by atoms with E-state index < -0.39 is 54.0 Å². The summed E-state index contributed by atoms with van der Waals surface area (Å²) < 4.78 is 9.05. The Bertz CT molecular complexity index is 747. The molecule has 0 radical (unpaired) electrons. The second-order valence-corrected chi connectivity index (χ2v) is 11.7. The van der Waals surface area contributed by atoms with Crippen LogP contribution in [0.5, 0.6) is 0 Å². The van der Waals surface area contributed by atoms with E-state index in [4.69, 9.17) is 21.7 Å². The molecule has 36 heavy (non-hydrogen) atoms. The average molecular weight is 593 g/mol. The first-order valence-electron chi connectivity index (χ1n) is 9.92. The first kappa shape index (κ1) is 36.3. The molecule has 0 aliphatic rings. The summed E-state index contributed by atoms with van der Waals surface area (Å²) in [6.45, 7) is 2.55. The van der Waals surface area contributed by atoms with Gasteiger partial charge in [-0.1, -0.05) is 43.2 Å². The third kappa shape index (κ3) is 19.3. The predicted octanol–water partition coefficient (Wildman–Crippen LogP) is -1.09. The van der Waals surface area contributed by atoms with E-state index >= 15 is 0 Å². The summed E-state index contributed by atoms with van der Waals surface area (Å²) in [6, 6.07) is -3.38. The Morgan fingerprint density at radius 2 is 1.06 bits per heavy atom. The number of hydrogen-bond donors (Lipinski definition) is 6. The van der Waals surface area contributed by atoms with E-state index in [9.17, 15) is 28.8 Å². The number of carbonyl (C=O) groups excluding carboxylic acids is 4. The van der Waals surface area contributed by atoms with Crippen molar-refractivity contribution in [2.75, 3.05) is 37.2 Å². The number of amides is 2. The first-order chi connectivity index (χ1) is 16.8. The molecule has 0 aromatic carbocycles. The van der Waals surface area contributed by atoms with E-state index in [0.717, 1.165) is 21.6 Å². The van der Waals surface area contributed by atoms with Crippen molar-refractivity contribution in [2.45, 2.75) is 38.0 Å². The van der Waals surface area contributed by atoms with Crippen LogP contribution in [-0.2, 0) is 38.2 Å². The maximum absolute atomic E-state index is 11.4. The van der Waals surface area contributed by atoms with Gasteiger partial charge in [-0.2, -0.15) is 0 Å². The average Bonchev–Trinajstić information content (AvgIpc) is 2.81. The monoisotopic (exact) mass is 592 g/mol. The van der Waals surface area contributed by atoms with E-state index in [0.29, 0.717) is 11.5 Å². The number of carbonyl (C=O) groups is 6. The Balaban J connectivity index is 0. The molecule has 0 bridgehead atoms. The zero-order chi connectivity index (χ0) is 28.3. The topological polar surface area (TPSA) is 237 Å². The highest BCUT2D eigenvalue weighted by Gasteiger charge is 2.21. The molecule has 0 heterocycles. The third-order valence-corrected chi connectivity index (χ3v) is 8.39. The number of carboxylic acids is 2. The van der Waals surface area contributed by atoms with Crippen molar-refractivity contribution in [3.8, 4) is 0 Å². The maximum atomic E-state index is 11.4. The molecule has 0 saturated heterocycles. The number of aliphatic carboxylic acids is 2. The van der Waals surface area contributed by atoms with Crippen molar-refractivity contribution in [1.82, 2.24) is 10.6 Å². The summed E-state index contributed by atoms with van der Waals surface area (Å²) in [5.74, 6) is -2.97. The van der Waals surface area contributed by atoms with E-state index in [1.54, 1.807) is 0 Å². The van der Waals surface area contributed by atoms with Crippen LogP contribution in [0, 0.1) is 0 Å². The molecule has 0 aromatic heterocycles. The normalized spacial score (nSPS) is 13.5. The molecule has 0 aromatic rings. The molecular formula is C18H32N4O10S4. The molecule has 14 nitrogen and oxygen atoms in total. The lowest BCUT2D eigenvalue weighted by molar-refractivity contribution is -0.144. The summed E-state index contributed by atoms with van der Waals surface area (Å²) in [6.07, 6.45) is 0. The van der Waals surface area contributed by atoms with E-state index in [1.807, 2.05) is 0 Å². The smallest absolute Gasteiger partial charge is 0.329 e.